The van der Waals surface area contributed by atoms with E-state index in [2.05, 4.69) is 17.1 Å². The van der Waals surface area contributed by atoms with E-state index in [4.69, 9.17) is 9.15 Å². The first kappa shape index (κ1) is 18.7. The van der Waals surface area contributed by atoms with Gasteiger partial charge in [-0.3, -0.25) is 0 Å². The highest BCUT2D eigenvalue weighted by Crippen LogP contribution is 2.33. The van der Waals surface area contributed by atoms with Crippen molar-refractivity contribution in [1.82, 2.24) is 10.2 Å². The van der Waals surface area contributed by atoms with E-state index in [0.717, 1.165) is 38.0 Å². The molecule has 2 aromatic rings. The van der Waals surface area contributed by atoms with Gasteiger partial charge in [-0.2, -0.15) is 0 Å². The van der Waals surface area contributed by atoms with Crippen LogP contribution in [-0.4, -0.2) is 54.8 Å². The van der Waals surface area contributed by atoms with Gasteiger partial charge in [-0.05, 0) is 58.0 Å². The van der Waals surface area contributed by atoms with Crippen molar-refractivity contribution < 1.29 is 19.1 Å². The number of rotatable bonds is 8. The number of hydrogen-bond acceptors (Lipinski definition) is 5. The topological polar surface area (TPSA) is 74.9 Å². The molecular weight excluding hydrogens is 332 g/mol. The highest BCUT2D eigenvalue weighted by atomic mass is 16.5. The number of nitrogens with zero attached hydrogens (tertiary/aromatic N) is 1. The van der Waals surface area contributed by atoms with Crippen LogP contribution in [0.5, 0.6) is 5.75 Å². The number of nitrogens with one attached hydrogen (secondary N) is 1. The molecule has 6 heteroatoms. The maximum absolute atomic E-state index is 11.3. The Morgan fingerprint density at radius 3 is 2.85 bits per heavy atom. The molecule has 3 rings (SSSR count). The normalized spacial score (nSPS) is 15.7. The summed E-state index contributed by atoms with van der Waals surface area (Å²) in [4.78, 5) is 13.8. The quantitative estimate of drug-likeness (QED) is 0.704. The summed E-state index contributed by atoms with van der Waals surface area (Å²) in [7, 11) is 0. The smallest absolute Gasteiger partial charge is 0.372 e. The molecule has 0 amide bonds. The minimum Gasteiger partial charge on any atom is -0.493 e. The second kappa shape index (κ2) is 8.56. The van der Waals surface area contributed by atoms with Crippen LogP contribution in [0.2, 0.25) is 0 Å². The van der Waals surface area contributed by atoms with Crippen LogP contribution in [0, 0.1) is 6.92 Å². The Bertz CT molecular complexity index is 750. The van der Waals surface area contributed by atoms with Crippen molar-refractivity contribution >= 4 is 16.9 Å². The van der Waals surface area contributed by atoms with Gasteiger partial charge in [0.25, 0.3) is 0 Å². The monoisotopic (exact) mass is 360 g/mol. The lowest BCUT2D eigenvalue weighted by atomic mass is 10.0. The van der Waals surface area contributed by atoms with Gasteiger partial charge in [-0.25, -0.2) is 4.79 Å². The van der Waals surface area contributed by atoms with Gasteiger partial charge in [0, 0.05) is 18.2 Å². The third-order valence-corrected chi connectivity index (χ3v) is 5.19. The number of hydrogen-bond donors (Lipinski definition) is 2. The zero-order valence-corrected chi connectivity index (χ0v) is 15.6. The lowest BCUT2D eigenvalue weighted by Crippen LogP contribution is -2.43. The Balaban J connectivity index is 1.60. The van der Waals surface area contributed by atoms with E-state index in [9.17, 15) is 9.90 Å². The molecule has 0 saturated carbocycles. The van der Waals surface area contributed by atoms with Crippen molar-refractivity contribution in [3.63, 3.8) is 0 Å². The van der Waals surface area contributed by atoms with Crippen molar-refractivity contribution in [3.8, 4) is 5.75 Å². The van der Waals surface area contributed by atoms with Crippen molar-refractivity contribution in [2.75, 3.05) is 32.8 Å². The molecule has 1 aromatic heterocycles. The van der Waals surface area contributed by atoms with Crippen LogP contribution in [0.25, 0.3) is 11.0 Å². The van der Waals surface area contributed by atoms with E-state index in [0.29, 0.717) is 29.5 Å². The maximum atomic E-state index is 11.3. The van der Waals surface area contributed by atoms with Crippen LogP contribution in [0.15, 0.2) is 22.6 Å². The van der Waals surface area contributed by atoms with Crippen molar-refractivity contribution in [3.05, 3.63) is 29.5 Å². The van der Waals surface area contributed by atoms with Gasteiger partial charge in [0.1, 0.15) is 11.3 Å². The van der Waals surface area contributed by atoms with E-state index < -0.39 is 5.97 Å². The number of benzene rings is 1. The third kappa shape index (κ3) is 4.02. The second-order valence-electron chi connectivity index (χ2n) is 6.80. The molecule has 2 N–H and O–H groups in total. The minimum atomic E-state index is -1.05. The largest absolute Gasteiger partial charge is 0.493 e. The van der Waals surface area contributed by atoms with Gasteiger partial charge in [0.15, 0.2) is 0 Å². The van der Waals surface area contributed by atoms with Crippen molar-refractivity contribution in [2.24, 2.45) is 0 Å². The fraction of sp³-hybridized carbons (Fsp3) is 0.550. The Morgan fingerprint density at radius 2 is 2.15 bits per heavy atom. The number of piperidine rings is 1. The molecule has 142 valence electrons. The first-order chi connectivity index (χ1) is 12.6. The van der Waals surface area contributed by atoms with Crippen molar-refractivity contribution in [1.29, 1.82) is 0 Å². The molecule has 1 saturated heterocycles. The molecule has 0 spiro atoms. The molecule has 0 atom stereocenters. The molecule has 1 aliphatic heterocycles. The number of aryl methyl sites for hydroxylation is 1. The summed E-state index contributed by atoms with van der Waals surface area (Å²) in [5.74, 6) is -0.370. The summed E-state index contributed by atoms with van der Waals surface area (Å²) in [6, 6.07) is 6.15. The lowest BCUT2D eigenvalue weighted by molar-refractivity contribution is 0.0664. The summed E-state index contributed by atoms with van der Waals surface area (Å²) in [6.45, 7) is 8.86. The number of fused-ring (bicyclic) bond motifs is 1. The molecule has 0 bridgehead atoms. The molecule has 1 aliphatic rings. The zero-order valence-electron chi connectivity index (χ0n) is 15.6. The van der Waals surface area contributed by atoms with E-state index >= 15 is 0 Å². The highest BCUT2D eigenvalue weighted by molar-refractivity contribution is 5.97. The molecule has 0 unspecified atom stereocenters. The Morgan fingerprint density at radius 1 is 1.38 bits per heavy atom. The van der Waals surface area contributed by atoms with Gasteiger partial charge in [0.2, 0.25) is 5.76 Å². The summed E-state index contributed by atoms with van der Waals surface area (Å²) in [6.07, 6.45) is 3.36. The number of carboxylic acids is 1. The molecule has 0 aliphatic carbocycles. The molecule has 6 nitrogen and oxygen atoms in total. The number of carbonyl (C=O) groups is 1. The highest BCUT2D eigenvalue weighted by Gasteiger charge is 2.20. The molecule has 2 heterocycles. The Hall–Kier alpha value is -2.05. The molecule has 26 heavy (non-hydrogen) atoms. The SMILES string of the molecule is CCN(CCCOc1cccc2oc(C(=O)O)c(C)c12)C1CCNCC1. The number of furan rings is 1. The van der Waals surface area contributed by atoms with Gasteiger partial charge in [-0.1, -0.05) is 13.0 Å². The number of aromatic carboxylic acids is 1. The molecule has 1 fully saturated rings. The summed E-state index contributed by atoms with van der Waals surface area (Å²) >= 11 is 0. The first-order valence-corrected chi connectivity index (χ1v) is 9.44. The molecule has 0 radical (unpaired) electrons. The van der Waals surface area contributed by atoms with E-state index in [1.54, 1.807) is 13.0 Å². The van der Waals surface area contributed by atoms with Gasteiger partial charge in [0.05, 0.1) is 12.0 Å². The van der Waals surface area contributed by atoms with Crippen LogP contribution < -0.4 is 10.1 Å². The van der Waals surface area contributed by atoms with Crippen molar-refractivity contribution in [2.45, 2.75) is 39.2 Å². The summed E-state index contributed by atoms with van der Waals surface area (Å²) < 4.78 is 11.4. The first-order valence-electron chi connectivity index (χ1n) is 9.44. The van der Waals surface area contributed by atoms with Crippen LogP contribution in [-0.2, 0) is 0 Å². The fourth-order valence-corrected chi connectivity index (χ4v) is 3.81. The number of carboxylic acid groups (broad SMARTS) is 1. The van der Waals surface area contributed by atoms with Crippen LogP contribution in [0.4, 0.5) is 0 Å². The van der Waals surface area contributed by atoms with E-state index in [1.807, 2.05) is 12.1 Å². The molecular formula is C20H28N2O4. The van der Waals surface area contributed by atoms with Crippen LogP contribution in [0.3, 0.4) is 0 Å². The average molecular weight is 360 g/mol. The van der Waals surface area contributed by atoms with Gasteiger partial charge in [-0.15, -0.1) is 0 Å². The van der Waals surface area contributed by atoms with E-state index in [-0.39, 0.29) is 5.76 Å². The standard InChI is InChI=1S/C20H28N2O4/c1-3-22(15-8-10-21-11-9-15)12-5-13-25-16-6-4-7-17-18(16)14(2)19(26-17)20(23)24/h4,6-7,15,21H,3,5,8-13H2,1-2H3,(H,23,24). The Labute approximate surface area is 154 Å². The van der Waals surface area contributed by atoms with Crippen LogP contribution >= 0.6 is 0 Å². The van der Waals surface area contributed by atoms with Gasteiger partial charge < -0.3 is 24.5 Å². The minimum absolute atomic E-state index is 0.0147. The lowest BCUT2D eigenvalue weighted by Gasteiger charge is -2.33. The summed E-state index contributed by atoms with van der Waals surface area (Å²) in [5, 5.41) is 13.4. The van der Waals surface area contributed by atoms with E-state index in [1.165, 1.54) is 12.8 Å². The second-order valence-corrected chi connectivity index (χ2v) is 6.80. The Kier molecular flexibility index (Phi) is 6.16. The predicted octanol–water partition coefficient (Wildman–Crippen LogP) is 3.28. The number of ether oxygens (including phenoxy) is 1. The molecule has 1 aromatic carbocycles. The maximum Gasteiger partial charge on any atom is 0.372 e. The fourth-order valence-electron chi connectivity index (χ4n) is 3.81. The average Bonchev–Trinajstić information content (AvgIpc) is 3.00. The van der Waals surface area contributed by atoms with Crippen LogP contribution in [0.1, 0.15) is 42.3 Å². The zero-order chi connectivity index (χ0) is 18.5. The summed E-state index contributed by atoms with van der Waals surface area (Å²) in [5.41, 5.74) is 1.18. The van der Waals surface area contributed by atoms with Gasteiger partial charge >= 0.3 is 5.97 Å². The third-order valence-electron chi connectivity index (χ3n) is 5.19. The predicted molar refractivity (Wildman–Crippen MR) is 101 cm³/mol.